The van der Waals surface area contributed by atoms with E-state index >= 15 is 0 Å². The van der Waals surface area contributed by atoms with Crippen molar-refractivity contribution < 1.29 is 9.90 Å². The third-order valence-electron chi connectivity index (χ3n) is 3.47. The fourth-order valence-electron chi connectivity index (χ4n) is 1.88. The normalized spacial score (nSPS) is 22.1. The van der Waals surface area contributed by atoms with E-state index < -0.39 is 6.10 Å². The molecule has 0 heterocycles. The Morgan fingerprint density at radius 3 is 2.39 bits per heavy atom. The molecule has 2 amide bonds. The van der Waals surface area contributed by atoms with Crippen LogP contribution in [0.2, 0.25) is 0 Å². The Hall–Kier alpha value is -1.55. The first-order chi connectivity index (χ1) is 8.38. The maximum absolute atomic E-state index is 11.7. The molecule has 0 spiro atoms. The van der Waals surface area contributed by atoms with Gasteiger partial charge in [0, 0.05) is 11.7 Å². The van der Waals surface area contributed by atoms with Crippen LogP contribution in [0.25, 0.3) is 0 Å². The predicted molar refractivity (Wildman–Crippen MR) is 71.4 cm³/mol. The summed E-state index contributed by atoms with van der Waals surface area (Å²) >= 11 is 0. The molecule has 18 heavy (non-hydrogen) atoms. The smallest absolute Gasteiger partial charge is 0.319 e. The van der Waals surface area contributed by atoms with Crippen LogP contribution in [0.5, 0.6) is 0 Å². The Kier molecular flexibility index (Phi) is 3.30. The van der Waals surface area contributed by atoms with Crippen LogP contribution in [0.4, 0.5) is 10.5 Å². The standard InChI is InChI=1S/C14H20N2O2/c1-9(17)10-4-6-11(7-5-10)15-13(18)16-12-8-14(12,2)3/h4-7,9,12,17H,8H2,1-3H3,(H2,15,16,18). The van der Waals surface area contributed by atoms with Gasteiger partial charge >= 0.3 is 6.03 Å². The summed E-state index contributed by atoms with van der Waals surface area (Å²) in [6.07, 6.45) is 0.543. The molecule has 0 radical (unpaired) electrons. The zero-order chi connectivity index (χ0) is 13.3. The number of aliphatic hydroxyl groups is 1. The van der Waals surface area contributed by atoms with Crippen LogP contribution in [0.15, 0.2) is 24.3 Å². The van der Waals surface area contributed by atoms with Crippen molar-refractivity contribution in [2.75, 3.05) is 5.32 Å². The van der Waals surface area contributed by atoms with Gasteiger partial charge in [0.15, 0.2) is 0 Å². The number of urea groups is 1. The Bertz CT molecular complexity index is 438. The van der Waals surface area contributed by atoms with Crippen LogP contribution in [-0.2, 0) is 0 Å². The van der Waals surface area contributed by atoms with Gasteiger partial charge in [0.2, 0.25) is 0 Å². The van der Waals surface area contributed by atoms with Crippen molar-refractivity contribution in [3.63, 3.8) is 0 Å². The molecule has 2 atom stereocenters. The van der Waals surface area contributed by atoms with E-state index in [1.807, 2.05) is 0 Å². The number of hydrogen-bond acceptors (Lipinski definition) is 2. The molecular weight excluding hydrogens is 228 g/mol. The first-order valence-electron chi connectivity index (χ1n) is 6.24. The Balaban J connectivity index is 1.87. The van der Waals surface area contributed by atoms with Crippen molar-refractivity contribution in [2.45, 2.75) is 39.3 Å². The van der Waals surface area contributed by atoms with Crippen LogP contribution in [0, 0.1) is 5.41 Å². The summed E-state index contributed by atoms with van der Waals surface area (Å²) in [5, 5.41) is 15.1. The number of aliphatic hydroxyl groups excluding tert-OH is 1. The van der Waals surface area contributed by atoms with E-state index in [2.05, 4.69) is 24.5 Å². The van der Waals surface area contributed by atoms with Crippen molar-refractivity contribution in [2.24, 2.45) is 5.41 Å². The van der Waals surface area contributed by atoms with Gasteiger partial charge in [-0.05, 0) is 36.5 Å². The molecule has 1 aromatic carbocycles. The largest absolute Gasteiger partial charge is 0.389 e. The van der Waals surface area contributed by atoms with Crippen LogP contribution in [0.1, 0.15) is 38.9 Å². The van der Waals surface area contributed by atoms with Gasteiger partial charge in [-0.1, -0.05) is 26.0 Å². The minimum absolute atomic E-state index is 0.171. The topological polar surface area (TPSA) is 61.4 Å². The lowest BCUT2D eigenvalue weighted by molar-refractivity contribution is 0.199. The molecule has 2 rings (SSSR count). The summed E-state index contributed by atoms with van der Waals surface area (Å²) in [4.78, 5) is 11.7. The van der Waals surface area contributed by atoms with Gasteiger partial charge in [0.05, 0.1) is 6.10 Å². The van der Waals surface area contributed by atoms with Gasteiger partial charge < -0.3 is 15.7 Å². The van der Waals surface area contributed by atoms with E-state index in [1.54, 1.807) is 31.2 Å². The summed E-state index contributed by atoms with van der Waals surface area (Å²) < 4.78 is 0. The van der Waals surface area contributed by atoms with E-state index in [0.29, 0.717) is 0 Å². The quantitative estimate of drug-likeness (QED) is 0.770. The summed E-state index contributed by atoms with van der Waals surface area (Å²) in [5.41, 5.74) is 1.80. The first-order valence-corrected chi connectivity index (χ1v) is 6.24. The van der Waals surface area contributed by atoms with E-state index in [0.717, 1.165) is 17.7 Å². The number of rotatable bonds is 3. The second kappa shape index (κ2) is 4.61. The molecule has 2 unspecified atom stereocenters. The molecule has 3 N–H and O–H groups in total. The molecular formula is C14H20N2O2. The highest BCUT2D eigenvalue weighted by molar-refractivity contribution is 5.89. The van der Waals surface area contributed by atoms with E-state index in [-0.39, 0.29) is 17.5 Å². The minimum atomic E-state index is -0.486. The van der Waals surface area contributed by atoms with Crippen LogP contribution < -0.4 is 10.6 Å². The third-order valence-corrected chi connectivity index (χ3v) is 3.47. The van der Waals surface area contributed by atoms with E-state index in [1.165, 1.54) is 0 Å². The monoisotopic (exact) mass is 248 g/mol. The zero-order valence-corrected chi connectivity index (χ0v) is 11.0. The molecule has 4 heteroatoms. The van der Waals surface area contributed by atoms with Gasteiger partial charge in [-0.15, -0.1) is 0 Å². The fourth-order valence-corrected chi connectivity index (χ4v) is 1.88. The summed E-state index contributed by atoms with van der Waals surface area (Å²) in [5.74, 6) is 0. The van der Waals surface area contributed by atoms with E-state index in [9.17, 15) is 9.90 Å². The molecule has 0 aliphatic heterocycles. The van der Waals surface area contributed by atoms with Gasteiger partial charge in [0.25, 0.3) is 0 Å². The molecule has 1 aliphatic rings. The van der Waals surface area contributed by atoms with Gasteiger partial charge in [-0.2, -0.15) is 0 Å². The first kappa shape index (κ1) is 12.9. The Morgan fingerprint density at radius 2 is 1.94 bits per heavy atom. The summed E-state index contributed by atoms with van der Waals surface area (Å²) in [6, 6.07) is 7.30. The van der Waals surface area contributed by atoms with Gasteiger partial charge in [0.1, 0.15) is 0 Å². The highest BCUT2D eigenvalue weighted by atomic mass is 16.3. The van der Waals surface area contributed by atoms with Gasteiger partial charge in [-0.25, -0.2) is 4.79 Å². The molecule has 1 fully saturated rings. The van der Waals surface area contributed by atoms with Crippen LogP contribution in [-0.4, -0.2) is 17.2 Å². The SMILES string of the molecule is CC(O)c1ccc(NC(=O)NC2CC2(C)C)cc1. The van der Waals surface area contributed by atoms with Crippen molar-refractivity contribution in [1.29, 1.82) is 0 Å². The van der Waals surface area contributed by atoms with Crippen LogP contribution in [0.3, 0.4) is 0 Å². The number of anilines is 1. The number of nitrogens with one attached hydrogen (secondary N) is 2. The third kappa shape index (κ3) is 3.01. The highest BCUT2D eigenvalue weighted by Crippen LogP contribution is 2.44. The number of carbonyl (C=O) groups is 1. The lowest BCUT2D eigenvalue weighted by atomic mass is 10.1. The Morgan fingerprint density at radius 1 is 1.39 bits per heavy atom. The lowest BCUT2D eigenvalue weighted by Gasteiger charge is -2.10. The number of benzene rings is 1. The average Bonchev–Trinajstić information content (AvgIpc) is 2.86. The molecule has 0 aromatic heterocycles. The number of carbonyl (C=O) groups excluding carboxylic acids is 1. The van der Waals surface area contributed by atoms with Gasteiger partial charge in [-0.3, -0.25) is 0 Å². The second-order valence-corrected chi connectivity index (χ2v) is 5.64. The number of hydrogen-bond donors (Lipinski definition) is 3. The maximum atomic E-state index is 11.7. The zero-order valence-electron chi connectivity index (χ0n) is 11.0. The molecule has 0 bridgehead atoms. The number of amides is 2. The molecule has 4 nitrogen and oxygen atoms in total. The lowest BCUT2D eigenvalue weighted by Crippen LogP contribution is -2.32. The molecule has 1 saturated carbocycles. The van der Waals surface area contributed by atoms with Crippen LogP contribution >= 0.6 is 0 Å². The molecule has 98 valence electrons. The van der Waals surface area contributed by atoms with Crippen molar-refractivity contribution in [3.8, 4) is 0 Å². The summed E-state index contributed by atoms with van der Waals surface area (Å²) in [6.45, 7) is 5.98. The maximum Gasteiger partial charge on any atom is 0.319 e. The average molecular weight is 248 g/mol. The minimum Gasteiger partial charge on any atom is -0.389 e. The van der Waals surface area contributed by atoms with Crippen molar-refractivity contribution >= 4 is 11.7 Å². The van der Waals surface area contributed by atoms with Crippen molar-refractivity contribution in [3.05, 3.63) is 29.8 Å². The molecule has 0 saturated heterocycles. The second-order valence-electron chi connectivity index (χ2n) is 5.64. The molecule has 1 aliphatic carbocycles. The molecule has 1 aromatic rings. The Labute approximate surface area is 107 Å². The highest BCUT2D eigenvalue weighted by Gasteiger charge is 2.46. The summed E-state index contributed by atoms with van der Waals surface area (Å²) in [7, 11) is 0. The predicted octanol–water partition coefficient (Wildman–Crippen LogP) is 2.66. The van der Waals surface area contributed by atoms with E-state index in [4.69, 9.17) is 0 Å². The fraction of sp³-hybridized carbons (Fsp3) is 0.500. The van der Waals surface area contributed by atoms with Crippen molar-refractivity contribution in [1.82, 2.24) is 5.32 Å².